The summed E-state index contributed by atoms with van der Waals surface area (Å²) in [7, 11) is 0. The van der Waals surface area contributed by atoms with Crippen LogP contribution in [-0.4, -0.2) is 87.6 Å². The average Bonchev–Trinajstić information content (AvgIpc) is 4.08. The first-order valence-corrected chi connectivity index (χ1v) is 24.2. The molecular formula is C53H55F3N8O7S. The van der Waals surface area contributed by atoms with Gasteiger partial charge in [-0.25, -0.2) is 9.97 Å². The minimum Gasteiger partial charge on any atom is -0.494 e. The number of nitriles is 1. The number of carbonyl (C=O) groups excluding carboxylic acids is 4. The molecule has 72 heavy (non-hydrogen) atoms. The maximum Gasteiger partial charge on any atom is 0.419 e. The number of aryl methyl sites for hydroxylation is 1. The number of hydrogen-bond acceptors (Lipinski definition) is 11. The number of alkyl halides is 3. The molecule has 1 aliphatic carbocycles. The number of thiocarbonyl (C=S) groups is 1. The van der Waals surface area contributed by atoms with E-state index in [0.717, 1.165) is 51.5 Å². The van der Waals surface area contributed by atoms with Gasteiger partial charge in [-0.1, -0.05) is 69.3 Å². The fraction of sp³-hybridized carbons (Fsp3) is 0.396. The molecule has 1 spiro atoms. The predicted octanol–water partition coefficient (Wildman–Crippen LogP) is 8.68. The summed E-state index contributed by atoms with van der Waals surface area (Å²) in [5.74, 6) is -0.0552. The summed E-state index contributed by atoms with van der Waals surface area (Å²) >= 11 is 5.74. The number of likely N-dealkylation sites (tertiary alicyclic amines) is 1. The summed E-state index contributed by atoms with van der Waals surface area (Å²) in [4.78, 5) is 66.5. The lowest BCUT2D eigenvalue weighted by atomic mass is 9.75. The number of amides is 4. The molecule has 5 aromatic rings. The van der Waals surface area contributed by atoms with Crippen LogP contribution >= 0.6 is 12.2 Å². The van der Waals surface area contributed by atoms with Gasteiger partial charge in [0, 0.05) is 30.9 Å². The molecule has 376 valence electrons. The molecule has 15 nitrogen and oxygen atoms in total. The van der Waals surface area contributed by atoms with Gasteiger partial charge in [0.2, 0.25) is 17.7 Å². The molecule has 4 amide bonds. The predicted molar refractivity (Wildman–Crippen MR) is 265 cm³/mol. The molecule has 8 rings (SSSR count). The highest BCUT2D eigenvalue weighted by Crippen LogP contribution is 2.48. The number of aromatic nitrogens is 2. The molecule has 0 unspecified atom stereocenters. The molecule has 1 saturated carbocycles. The van der Waals surface area contributed by atoms with Crippen LogP contribution in [0.4, 0.5) is 24.5 Å². The van der Waals surface area contributed by atoms with E-state index < -0.39 is 52.3 Å². The number of halogens is 3. The topological polar surface area (TPSA) is 183 Å². The monoisotopic (exact) mass is 1000 g/mol. The molecule has 2 atom stereocenters. The lowest BCUT2D eigenvalue weighted by molar-refractivity contribution is -0.144. The SMILES string of the molecule is Cc1ncoc1-c1ccc(CNC(=O)[C@@H]2CCCN2C(=O)[C@@H](NC(=O)COCCCCOc2ccc(-c3ccc(N4C(=S)N(c5cnc(C#N)c(C(F)(F)F)c5)C(=O)C45CCC5)cc3)cc2)C(C)(C)C)cc1. The fourth-order valence-electron chi connectivity index (χ4n) is 9.28. The third-order valence-electron chi connectivity index (χ3n) is 13.3. The molecule has 0 bridgehead atoms. The maximum absolute atomic E-state index is 14.0. The first kappa shape index (κ1) is 51.2. The molecule has 3 aromatic carbocycles. The molecule has 2 saturated heterocycles. The average molecular weight is 1010 g/mol. The molecule has 2 N–H and O–H groups in total. The summed E-state index contributed by atoms with van der Waals surface area (Å²) < 4.78 is 58.5. The number of benzene rings is 3. The Morgan fingerprint density at radius 1 is 0.931 bits per heavy atom. The van der Waals surface area contributed by atoms with Crippen LogP contribution in [0.3, 0.4) is 0 Å². The van der Waals surface area contributed by atoms with Crippen LogP contribution in [0.15, 0.2) is 95.9 Å². The standard InChI is InChI=1S/C53H55F3N8O7S/c1-33-45(71-32-60-33)37-12-10-34(11-13-37)29-59-47(66)43-9-7-24-62(43)48(67)46(51(2,3)4)61-44(65)31-69-25-5-6-26-70-40-20-16-36(17-21-40)35-14-18-38(19-15-35)64-50(72)63(49(68)52(64)22-8-23-52)39-27-41(53(54,55)56)42(28-57)58-30-39/h10-21,27,30,32,43,46H,5-9,22-26,29,31H2,1-4H3,(H,59,66)(H,61,65)/t43-,46+/m0/s1. The van der Waals surface area contributed by atoms with Gasteiger partial charge in [0.25, 0.3) is 5.91 Å². The second-order valence-corrected chi connectivity index (χ2v) is 19.6. The molecular weight excluding hydrogens is 950 g/mol. The zero-order chi connectivity index (χ0) is 51.4. The summed E-state index contributed by atoms with van der Waals surface area (Å²) in [6.07, 6.45) is 1.80. The van der Waals surface area contributed by atoms with Crippen molar-refractivity contribution in [3.63, 3.8) is 0 Å². The Hall–Kier alpha value is -7.17. The smallest absolute Gasteiger partial charge is 0.419 e. The van der Waals surface area contributed by atoms with Crippen LogP contribution in [0.5, 0.6) is 5.75 Å². The van der Waals surface area contributed by atoms with Crippen molar-refractivity contribution in [3.8, 4) is 34.3 Å². The van der Waals surface area contributed by atoms with Gasteiger partial charge in [-0.05, 0) is 117 Å². The molecule has 3 fully saturated rings. The van der Waals surface area contributed by atoms with Crippen molar-refractivity contribution in [2.75, 3.05) is 36.2 Å². The maximum atomic E-state index is 14.0. The number of oxazole rings is 1. The van der Waals surface area contributed by atoms with E-state index >= 15 is 0 Å². The Kier molecular flexibility index (Phi) is 15.1. The fourth-order valence-corrected chi connectivity index (χ4v) is 9.75. The third kappa shape index (κ3) is 10.8. The van der Waals surface area contributed by atoms with Crippen LogP contribution in [0.25, 0.3) is 22.5 Å². The van der Waals surface area contributed by atoms with Gasteiger partial charge < -0.3 is 34.3 Å². The van der Waals surface area contributed by atoms with Crippen LogP contribution in [0.2, 0.25) is 0 Å². The minimum atomic E-state index is -4.85. The first-order valence-electron chi connectivity index (χ1n) is 23.8. The Morgan fingerprint density at radius 3 is 2.21 bits per heavy atom. The van der Waals surface area contributed by atoms with Crippen molar-refractivity contribution in [2.45, 2.75) is 103 Å². The van der Waals surface area contributed by atoms with Crippen LogP contribution in [0, 0.1) is 23.7 Å². The molecule has 2 aromatic heterocycles. The van der Waals surface area contributed by atoms with E-state index in [4.69, 9.17) is 26.1 Å². The Bertz CT molecular complexity index is 2860. The second-order valence-electron chi connectivity index (χ2n) is 19.3. The molecule has 4 heterocycles. The number of unbranched alkanes of at least 4 members (excludes halogenated alkanes) is 1. The first-order chi connectivity index (χ1) is 34.4. The number of carbonyl (C=O) groups is 4. The van der Waals surface area contributed by atoms with E-state index in [1.54, 1.807) is 9.80 Å². The third-order valence-corrected chi connectivity index (χ3v) is 13.7. The summed E-state index contributed by atoms with van der Waals surface area (Å²) in [6, 6.07) is 23.3. The van der Waals surface area contributed by atoms with Crippen molar-refractivity contribution in [1.29, 1.82) is 5.26 Å². The lowest BCUT2D eigenvalue weighted by Crippen LogP contribution is -2.58. The quantitative estimate of drug-likeness (QED) is 0.0669. The van der Waals surface area contributed by atoms with E-state index in [0.29, 0.717) is 82.0 Å². The highest BCUT2D eigenvalue weighted by Gasteiger charge is 2.60. The highest BCUT2D eigenvalue weighted by molar-refractivity contribution is 7.81. The Labute approximate surface area is 420 Å². The van der Waals surface area contributed by atoms with Crippen molar-refractivity contribution in [2.24, 2.45) is 5.41 Å². The number of ether oxygens (including phenoxy) is 2. The molecule has 19 heteroatoms. The van der Waals surface area contributed by atoms with Crippen molar-refractivity contribution in [3.05, 3.63) is 114 Å². The van der Waals surface area contributed by atoms with Crippen LogP contribution < -0.4 is 25.2 Å². The molecule has 2 aliphatic heterocycles. The number of nitrogens with zero attached hydrogens (tertiary/aromatic N) is 6. The normalized spacial score (nSPS) is 16.9. The van der Waals surface area contributed by atoms with Gasteiger partial charge in [-0.2, -0.15) is 18.4 Å². The number of pyridine rings is 1. The van der Waals surface area contributed by atoms with E-state index in [1.807, 2.05) is 100 Å². The van der Waals surface area contributed by atoms with Gasteiger partial charge in [0.05, 0.1) is 29.7 Å². The van der Waals surface area contributed by atoms with E-state index in [1.165, 1.54) is 12.5 Å². The van der Waals surface area contributed by atoms with E-state index in [9.17, 15) is 37.6 Å². The largest absolute Gasteiger partial charge is 0.494 e. The van der Waals surface area contributed by atoms with Gasteiger partial charge >= 0.3 is 6.18 Å². The Morgan fingerprint density at radius 2 is 1.60 bits per heavy atom. The highest BCUT2D eigenvalue weighted by atomic mass is 32.1. The summed E-state index contributed by atoms with van der Waals surface area (Å²) in [5, 5.41) is 15.1. The number of rotatable bonds is 17. The van der Waals surface area contributed by atoms with E-state index in [2.05, 4.69) is 20.6 Å². The summed E-state index contributed by atoms with van der Waals surface area (Å²) in [5.41, 5.74) is 1.14. The van der Waals surface area contributed by atoms with Crippen molar-refractivity contribution in [1.82, 2.24) is 25.5 Å². The van der Waals surface area contributed by atoms with Crippen LogP contribution in [0.1, 0.15) is 88.2 Å². The molecule has 0 radical (unpaired) electrons. The summed E-state index contributed by atoms with van der Waals surface area (Å²) in [6.45, 7) is 8.67. The van der Waals surface area contributed by atoms with Crippen molar-refractivity contribution >= 4 is 52.3 Å². The van der Waals surface area contributed by atoms with Gasteiger partial charge in [0.1, 0.15) is 36.0 Å². The zero-order valence-corrected chi connectivity index (χ0v) is 41.2. The Balaban J connectivity index is 0.766. The van der Waals surface area contributed by atoms with Gasteiger partial charge in [-0.15, -0.1) is 0 Å². The van der Waals surface area contributed by atoms with E-state index in [-0.39, 0.29) is 29.2 Å². The van der Waals surface area contributed by atoms with Gasteiger partial charge in [0.15, 0.2) is 23.0 Å². The zero-order valence-electron chi connectivity index (χ0n) is 40.4. The molecule has 3 aliphatic rings. The number of nitrogens with one attached hydrogen (secondary N) is 2. The lowest BCUT2D eigenvalue weighted by Gasteiger charge is -2.43. The minimum absolute atomic E-state index is 0.0371. The van der Waals surface area contributed by atoms with Crippen LogP contribution in [-0.2, 0) is 36.6 Å². The second kappa shape index (κ2) is 21.3. The number of hydrogen-bond donors (Lipinski definition) is 2. The van der Waals surface area contributed by atoms with Gasteiger partial charge in [-0.3, -0.25) is 24.1 Å². The number of anilines is 2. The van der Waals surface area contributed by atoms with Crippen molar-refractivity contribution < 1.29 is 46.2 Å².